The Balaban J connectivity index is 3.62. The Labute approximate surface area is 54.7 Å². The molecule has 46 valence electrons. The van der Waals surface area contributed by atoms with Crippen LogP contribution < -0.4 is 4.84 Å². The molecule has 0 saturated heterocycles. The van der Waals surface area contributed by atoms with Crippen molar-refractivity contribution >= 4 is 29.6 Å². The van der Waals surface area contributed by atoms with Crippen molar-refractivity contribution in [3.05, 3.63) is 4.91 Å². The zero-order valence-corrected chi connectivity index (χ0v) is 4.98. The molecule has 0 saturated carbocycles. The van der Waals surface area contributed by atoms with Crippen LogP contribution in [0.25, 0.3) is 0 Å². The summed E-state index contributed by atoms with van der Waals surface area (Å²) in [6.45, 7) is 0. The van der Waals surface area contributed by atoms with Crippen LogP contribution in [0.15, 0.2) is 5.29 Å². The van der Waals surface area contributed by atoms with E-state index in [0.29, 0.717) is 0 Å². The zero-order chi connectivity index (χ0) is 6.57. The van der Waals surface area contributed by atoms with Gasteiger partial charge in [-0.05, 0) is 0 Å². The predicted molar refractivity (Wildman–Crippen MR) is 27.9 cm³/mol. The van der Waals surface area contributed by atoms with Gasteiger partial charge in [0, 0.05) is 23.6 Å². The Morgan fingerprint density at radius 1 is 1.75 bits per heavy atom. The quantitative estimate of drug-likeness (QED) is 0.351. The van der Waals surface area contributed by atoms with Crippen molar-refractivity contribution in [3.8, 4) is 0 Å². The Kier molecular flexibility index (Phi) is 3.21. The predicted octanol–water partition coefficient (Wildman–Crippen LogP) is 0.987. The van der Waals surface area contributed by atoms with Crippen molar-refractivity contribution < 1.29 is 4.79 Å². The minimum absolute atomic E-state index is 0.00694. The molecule has 2 amide bonds. The highest BCUT2D eigenvalue weighted by Gasteiger charge is 2.07. The third kappa shape index (κ3) is 1.94. The lowest BCUT2D eigenvalue weighted by Gasteiger charge is -1.96. The van der Waals surface area contributed by atoms with E-state index in [9.17, 15) is 9.70 Å². The van der Waals surface area contributed by atoms with E-state index in [1.165, 1.54) is 0 Å². The molecule has 0 aromatic carbocycles. The van der Waals surface area contributed by atoms with Gasteiger partial charge in [-0.2, -0.15) is 0 Å². The third-order valence-electron chi connectivity index (χ3n) is 0.320. The molecule has 1 N–H and O–H groups in total. The van der Waals surface area contributed by atoms with Gasteiger partial charge in [0.15, 0.2) is 0 Å². The molecule has 0 unspecified atom stereocenters. The molecule has 0 aliphatic heterocycles. The molecule has 0 aliphatic carbocycles. The number of nitrogens with one attached hydrogen (secondary N) is 1. The van der Waals surface area contributed by atoms with Gasteiger partial charge in [0.25, 0.3) is 0 Å². The fourth-order valence-electron chi connectivity index (χ4n) is 0.0719. The van der Waals surface area contributed by atoms with Crippen molar-refractivity contribution in [1.82, 2.24) is 9.36 Å². The van der Waals surface area contributed by atoms with E-state index >= 15 is 0 Å². The minimum atomic E-state index is -0.983. The summed E-state index contributed by atoms with van der Waals surface area (Å²) < 4.78 is 0.00694. The summed E-state index contributed by atoms with van der Waals surface area (Å²) in [5.74, 6) is 0. The number of halogens is 2. The minimum Gasteiger partial charge on any atom is -0.247 e. The van der Waals surface area contributed by atoms with Gasteiger partial charge in [0.05, 0.1) is 5.29 Å². The molecule has 8 heavy (non-hydrogen) atoms. The molecule has 0 aromatic heterocycles. The Morgan fingerprint density at radius 3 is 2.38 bits per heavy atom. The molecule has 0 rings (SSSR count). The van der Waals surface area contributed by atoms with E-state index in [0.717, 1.165) is 0 Å². The van der Waals surface area contributed by atoms with Gasteiger partial charge in [-0.15, -0.1) is 4.91 Å². The Hall–Kier alpha value is -0.550. The van der Waals surface area contributed by atoms with Gasteiger partial charge in [0.1, 0.15) is 0 Å². The molecule has 0 aliphatic rings. The standard InChI is InChI=1S/CHCl2N3O2/c2-4-1(7)6(3)5-8/h(H,4,7). The number of amides is 2. The number of hydrogen-bond acceptors (Lipinski definition) is 3. The molecular weight excluding hydrogens is 157 g/mol. The van der Waals surface area contributed by atoms with Crippen LogP contribution in [0.5, 0.6) is 0 Å². The lowest BCUT2D eigenvalue weighted by molar-refractivity contribution is 0.231. The number of rotatable bonds is 1. The maximum absolute atomic E-state index is 10.0. The SMILES string of the molecule is O=NN(Cl)C(=O)NCl. The fourth-order valence-corrected chi connectivity index (χ4v) is 0.238. The number of hydrogen-bond donors (Lipinski definition) is 1. The highest BCUT2D eigenvalue weighted by Crippen LogP contribution is 1.93. The van der Waals surface area contributed by atoms with E-state index < -0.39 is 6.03 Å². The van der Waals surface area contributed by atoms with Crippen LogP contribution in [-0.4, -0.2) is 10.6 Å². The average Bonchev–Trinajstić information content (AvgIpc) is 1.84. The first-order valence-electron chi connectivity index (χ1n) is 1.42. The summed E-state index contributed by atoms with van der Waals surface area (Å²) in [7, 11) is 0. The Morgan fingerprint density at radius 2 is 2.25 bits per heavy atom. The van der Waals surface area contributed by atoms with E-state index in [-0.39, 0.29) is 4.53 Å². The highest BCUT2D eigenvalue weighted by atomic mass is 35.5. The Bertz CT molecular complexity index is 105. The number of urea groups is 1. The van der Waals surface area contributed by atoms with Gasteiger partial charge in [-0.3, -0.25) is 0 Å². The molecule has 0 spiro atoms. The van der Waals surface area contributed by atoms with E-state index in [1.807, 2.05) is 5.29 Å². The van der Waals surface area contributed by atoms with Crippen molar-refractivity contribution in [1.29, 1.82) is 0 Å². The van der Waals surface area contributed by atoms with Gasteiger partial charge < -0.3 is 0 Å². The van der Waals surface area contributed by atoms with Crippen molar-refractivity contribution in [3.63, 3.8) is 0 Å². The van der Waals surface area contributed by atoms with E-state index in [1.54, 1.807) is 4.84 Å². The number of nitrogens with zero attached hydrogens (tertiary/aromatic N) is 2. The van der Waals surface area contributed by atoms with Crippen molar-refractivity contribution in [2.75, 3.05) is 0 Å². The topological polar surface area (TPSA) is 61.8 Å². The summed E-state index contributed by atoms with van der Waals surface area (Å²) in [6.07, 6.45) is 0. The van der Waals surface area contributed by atoms with E-state index in [4.69, 9.17) is 23.6 Å². The monoisotopic (exact) mass is 157 g/mol. The summed E-state index contributed by atoms with van der Waals surface area (Å²) in [4.78, 5) is 20.9. The first kappa shape index (κ1) is 7.45. The molecule has 0 bridgehead atoms. The van der Waals surface area contributed by atoms with Crippen LogP contribution in [0.3, 0.4) is 0 Å². The van der Waals surface area contributed by atoms with Gasteiger partial charge in [0.2, 0.25) is 0 Å². The van der Waals surface area contributed by atoms with Gasteiger partial charge in [-0.25, -0.2) is 9.63 Å². The molecule has 0 heterocycles. The summed E-state index contributed by atoms with van der Waals surface area (Å²) in [5.41, 5.74) is 0. The zero-order valence-electron chi connectivity index (χ0n) is 3.47. The summed E-state index contributed by atoms with van der Waals surface area (Å²) in [5, 5.41) is 2.01. The maximum atomic E-state index is 10.0. The molecule has 0 aromatic rings. The molecule has 7 heteroatoms. The maximum Gasteiger partial charge on any atom is 0.370 e. The van der Waals surface area contributed by atoms with E-state index in [2.05, 4.69) is 0 Å². The van der Waals surface area contributed by atoms with Crippen LogP contribution >= 0.6 is 23.6 Å². The largest absolute Gasteiger partial charge is 0.370 e. The van der Waals surface area contributed by atoms with Crippen LogP contribution in [0.2, 0.25) is 0 Å². The lowest BCUT2D eigenvalue weighted by atomic mass is 11.1. The first-order valence-corrected chi connectivity index (χ1v) is 2.13. The van der Waals surface area contributed by atoms with Crippen LogP contribution in [-0.2, 0) is 0 Å². The van der Waals surface area contributed by atoms with Gasteiger partial charge >= 0.3 is 6.03 Å². The van der Waals surface area contributed by atoms with Crippen LogP contribution in [0, 0.1) is 4.91 Å². The van der Waals surface area contributed by atoms with Crippen LogP contribution in [0.4, 0.5) is 4.79 Å². The average molecular weight is 158 g/mol. The van der Waals surface area contributed by atoms with Crippen molar-refractivity contribution in [2.24, 2.45) is 5.29 Å². The third-order valence-corrected chi connectivity index (χ3v) is 0.697. The molecule has 0 atom stereocenters. The number of nitroso groups, excluding NO2 is 1. The van der Waals surface area contributed by atoms with Crippen LogP contribution in [0.1, 0.15) is 0 Å². The second-order valence-electron chi connectivity index (χ2n) is 0.741. The molecule has 0 fully saturated rings. The fraction of sp³-hybridized carbons (Fsp3) is 0. The molecule has 5 nitrogen and oxygen atoms in total. The number of carbonyl (C=O) groups excluding carboxylic acids is 1. The summed E-state index contributed by atoms with van der Waals surface area (Å²) in [6, 6.07) is -0.983. The lowest BCUT2D eigenvalue weighted by Crippen LogP contribution is -2.22. The smallest absolute Gasteiger partial charge is 0.247 e. The molecule has 0 radical (unpaired) electrons. The number of carbonyl (C=O) groups is 1. The van der Waals surface area contributed by atoms with Gasteiger partial charge in [-0.1, -0.05) is 4.53 Å². The highest BCUT2D eigenvalue weighted by molar-refractivity contribution is 6.27. The summed E-state index contributed by atoms with van der Waals surface area (Å²) >= 11 is 9.47. The second-order valence-corrected chi connectivity index (χ2v) is 1.25. The first-order chi connectivity index (χ1) is 3.72. The second kappa shape index (κ2) is 3.45. The normalized spacial score (nSPS) is 7.75. The molecular formula is CHCl2N3O2. The van der Waals surface area contributed by atoms with Crippen molar-refractivity contribution in [2.45, 2.75) is 0 Å².